The summed E-state index contributed by atoms with van der Waals surface area (Å²) in [5.41, 5.74) is 8.67. The van der Waals surface area contributed by atoms with Crippen molar-refractivity contribution >= 4 is 17.3 Å². The Labute approximate surface area is 116 Å². The highest BCUT2D eigenvalue weighted by Gasteiger charge is 2.30. The molecule has 1 aromatic carbocycles. The number of nitrogen functional groups attached to an aromatic ring is 1. The van der Waals surface area contributed by atoms with E-state index in [1.807, 2.05) is 0 Å². The van der Waals surface area contributed by atoms with Crippen LogP contribution in [-0.4, -0.2) is 21.2 Å². The number of carbonyl (C=O) groups is 1. The maximum atomic E-state index is 12.1. The van der Waals surface area contributed by atoms with Gasteiger partial charge in [-0.25, -0.2) is 0 Å². The number of phenolic OH excluding ortho intramolecular Hbond substituents is 1. The van der Waals surface area contributed by atoms with Crippen LogP contribution in [0.4, 0.5) is 11.4 Å². The Morgan fingerprint density at radius 3 is 2.90 bits per heavy atom. The Kier molecular flexibility index (Phi) is 2.85. The number of aromatic nitrogens is 2. The maximum Gasteiger partial charge on any atom is 0.278 e. The Morgan fingerprint density at radius 1 is 1.50 bits per heavy atom. The fourth-order valence-corrected chi connectivity index (χ4v) is 2.10. The van der Waals surface area contributed by atoms with Crippen molar-refractivity contribution in [3.8, 4) is 5.75 Å². The first-order chi connectivity index (χ1) is 9.56. The van der Waals surface area contributed by atoms with Crippen molar-refractivity contribution < 1.29 is 9.90 Å². The fourth-order valence-electron chi connectivity index (χ4n) is 2.10. The number of nitrogens with two attached hydrogens (primary N) is 1. The zero-order valence-electron chi connectivity index (χ0n) is 11.1. The van der Waals surface area contributed by atoms with Gasteiger partial charge in [0.15, 0.2) is 5.69 Å². The van der Waals surface area contributed by atoms with Crippen LogP contribution in [0.2, 0.25) is 0 Å². The number of aryl methyl sites for hydroxylation is 1. The van der Waals surface area contributed by atoms with Crippen LogP contribution in [0.5, 0.6) is 5.75 Å². The number of aromatic hydroxyl groups is 1. The summed E-state index contributed by atoms with van der Waals surface area (Å²) in [4.78, 5) is 12.1. The van der Waals surface area contributed by atoms with Gasteiger partial charge in [-0.3, -0.25) is 9.89 Å². The molecular weight excluding hydrogens is 256 g/mol. The number of rotatable bonds is 3. The standard InChI is InChI=1S/C14H16N4O2/c1-7-2-5-9(6-10(7)19)16-14(20)13-11(15)12(17-18-13)8-3-4-8/h2,5-6,8,19H,3-4,15H2,1H3,(H,16,20)(H,17,18). The van der Waals surface area contributed by atoms with Crippen molar-refractivity contribution in [1.29, 1.82) is 0 Å². The van der Waals surface area contributed by atoms with Crippen LogP contribution in [0, 0.1) is 6.92 Å². The van der Waals surface area contributed by atoms with Gasteiger partial charge in [0.05, 0.1) is 11.4 Å². The highest BCUT2D eigenvalue weighted by atomic mass is 16.3. The molecule has 1 fully saturated rings. The van der Waals surface area contributed by atoms with Gasteiger partial charge in [0, 0.05) is 17.7 Å². The largest absolute Gasteiger partial charge is 0.508 e. The number of nitrogens with one attached hydrogen (secondary N) is 2. The first-order valence-electron chi connectivity index (χ1n) is 6.51. The molecule has 3 rings (SSSR count). The van der Waals surface area contributed by atoms with E-state index in [2.05, 4.69) is 15.5 Å². The summed E-state index contributed by atoms with van der Waals surface area (Å²) in [6.07, 6.45) is 2.17. The topological polar surface area (TPSA) is 104 Å². The molecule has 1 aliphatic rings. The third-order valence-electron chi connectivity index (χ3n) is 3.50. The van der Waals surface area contributed by atoms with Gasteiger partial charge < -0.3 is 16.2 Å². The van der Waals surface area contributed by atoms with Gasteiger partial charge in [-0.2, -0.15) is 5.10 Å². The van der Waals surface area contributed by atoms with E-state index in [0.717, 1.165) is 24.1 Å². The molecule has 6 heteroatoms. The molecular formula is C14H16N4O2. The molecule has 1 amide bonds. The average molecular weight is 272 g/mol. The summed E-state index contributed by atoms with van der Waals surface area (Å²) in [5, 5.41) is 19.1. The maximum absolute atomic E-state index is 12.1. The minimum Gasteiger partial charge on any atom is -0.508 e. The number of nitrogens with zero attached hydrogens (tertiary/aromatic N) is 1. The van der Waals surface area contributed by atoms with Crippen LogP contribution in [0.3, 0.4) is 0 Å². The number of anilines is 2. The highest BCUT2D eigenvalue weighted by molar-refractivity contribution is 6.06. The van der Waals surface area contributed by atoms with Crippen molar-refractivity contribution in [2.75, 3.05) is 11.1 Å². The minimum atomic E-state index is -0.381. The number of aromatic amines is 1. The van der Waals surface area contributed by atoms with Crippen molar-refractivity contribution in [3.63, 3.8) is 0 Å². The van der Waals surface area contributed by atoms with E-state index in [4.69, 9.17) is 5.73 Å². The van der Waals surface area contributed by atoms with Crippen molar-refractivity contribution in [2.24, 2.45) is 0 Å². The monoisotopic (exact) mass is 272 g/mol. The van der Waals surface area contributed by atoms with E-state index in [-0.39, 0.29) is 17.4 Å². The van der Waals surface area contributed by atoms with Crippen LogP contribution in [0.25, 0.3) is 0 Å². The number of H-pyrrole nitrogens is 1. The summed E-state index contributed by atoms with van der Waals surface area (Å²) in [6, 6.07) is 4.95. The second-order valence-corrected chi connectivity index (χ2v) is 5.13. The molecule has 6 nitrogen and oxygen atoms in total. The molecule has 0 atom stereocenters. The lowest BCUT2D eigenvalue weighted by Gasteiger charge is -2.06. The third-order valence-corrected chi connectivity index (χ3v) is 3.50. The summed E-state index contributed by atoms with van der Waals surface area (Å²) < 4.78 is 0. The molecule has 104 valence electrons. The van der Waals surface area contributed by atoms with Gasteiger partial charge in [0.2, 0.25) is 0 Å². The Morgan fingerprint density at radius 2 is 2.25 bits per heavy atom. The lowest BCUT2D eigenvalue weighted by Crippen LogP contribution is -2.14. The molecule has 0 bridgehead atoms. The molecule has 0 radical (unpaired) electrons. The second-order valence-electron chi connectivity index (χ2n) is 5.13. The van der Waals surface area contributed by atoms with Crippen LogP contribution in [-0.2, 0) is 0 Å². The molecule has 20 heavy (non-hydrogen) atoms. The van der Waals surface area contributed by atoms with Crippen LogP contribution < -0.4 is 11.1 Å². The molecule has 0 spiro atoms. The molecule has 0 aliphatic heterocycles. The Bertz CT molecular complexity index is 674. The van der Waals surface area contributed by atoms with Crippen LogP contribution >= 0.6 is 0 Å². The summed E-state index contributed by atoms with van der Waals surface area (Å²) in [6.45, 7) is 1.79. The van der Waals surface area contributed by atoms with Gasteiger partial charge in [0.25, 0.3) is 5.91 Å². The average Bonchev–Trinajstić information content (AvgIpc) is 3.17. The molecule has 1 saturated carbocycles. The number of carbonyl (C=O) groups excluding carboxylic acids is 1. The number of phenols is 1. The number of benzene rings is 1. The normalized spacial score (nSPS) is 14.2. The number of hydrogen-bond donors (Lipinski definition) is 4. The summed E-state index contributed by atoms with van der Waals surface area (Å²) in [7, 11) is 0. The third kappa shape index (κ3) is 2.20. The van der Waals surface area contributed by atoms with E-state index in [1.165, 1.54) is 6.07 Å². The molecule has 1 aromatic heterocycles. The minimum absolute atomic E-state index is 0.136. The van der Waals surface area contributed by atoms with Crippen molar-refractivity contribution in [2.45, 2.75) is 25.7 Å². The SMILES string of the molecule is Cc1ccc(NC(=O)c2n[nH]c(C3CC3)c2N)cc1O. The van der Waals surface area contributed by atoms with Gasteiger partial charge in [-0.15, -0.1) is 0 Å². The van der Waals surface area contributed by atoms with Crippen molar-refractivity contribution in [3.05, 3.63) is 35.2 Å². The lowest BCUT2D eigenvalue weighted by molar-refractivity contribution is 0.102. The summed E-state index contributed by atoms with van der Waals surface area (Å²) >= 11 is 0. The fraction of sp³-hybridized carbons (Fsp3) is 0.286. The van der Waals surface area contributed by atoms with E-state index in [0.29, 0.717) is 17.3 Å². The first-order valence-corrected chi connectivity index (χ1v) is 6.51. The molecule has 0 unspecified atom stereocenters. The first kappa shape index (κ1) is 12.5. The van der Waals surface area contributed by atoms with E-state index < -0.39 is 0 Å². The Hall–Kier alpha value is -2.50. The smallest absolute Gasteiger partial charge is 0.278 e. The zero-order valence-corrected chi connectivity index (χ0v) is 11.1. The quantitative estimate of drug-likeness (QED) is 0.687. The highest BCUT2D eigenvalue weighted by Crippen LogP contribution is 2.42. The lowest BCUT2D eigenvalue weighted by atomic mass is 10.2. The zero-order chi connectivity index (χ0) is 14.3. The van der Waals surface area contributed by atoms with Crippen LogP contribution in [0.1, 0.15) is 40.5 Å². The predicted molar refractivity (Wildman–Crippen MR) is 75.8 cm³/mol. The van der Waals surface area contributed by atoms with E-state index >= 15 is 0 Å². The predicted octanol–water partition coefficient (Wildman–Crippen LogP) is 2.14. The molecule has 1 heterocycles. The van der Waals surface area contributed by atoms with Gasteiger partial charge >= 0.3 is 0 Å². The van der Waals surface area contributed by atoms with E-state index in [9.17, 15) is 9.90 Å². The summed E-state index contributed by atoms with van der Waals surface area (Å²) in [5.74, 6) is 0.165. The number of hydrogen-bond acceptors (Lipinski definition) is 4. The Balaban J connectivity index is 1.80. The second kappa shape index (κ2) is 4.56. The molecule has 0 saturated heterocycles. The van der Waals surface area contributed by atoms with E-state index in [1.54, 1.807) is 19.1 Å². The van der Waals surface area contributed by atoms with Gasteiger partial charge in [-0.05, 0) is 31.4 Å². The number of amides is 1. The van der Waals surface area contributed by atoms with Gasteiger partial charge in [-0.1, -0.05) is 6.07 Å². The van der Waals surface area contributed by atoms with Crippen LogP contribution in [0.15, 0.2) is 18.2 Å². The van der Waals surface area contributed by atoms with Crippen molar-refractivity contribution in [1.82, 2.24) is 10.2 Å². The molecule has 1 aliphatic carbocycles. The van der Waals surface area contributed by atoms with Gasteiger partial charge in [0.1, 0.15) is 5.75 Å². The molecule has 2 aromatic rings. The molecule has 5 N–H and O–H groups in total.